The van der Waals surface area contributed by atoms with Crippen molar-refractivity contribution in [3.05, 3.63) is 0 Å². The van der Waals surface area contributed by atoms with Crippen LogP contribution in [0.25, 0.3) is 0 Å². The number of halogens is 3. The molecule has 0 radical (unpaired) electrons. The van der Waals surface area contributed by atoms with Crippen LogP contribution in [0, 0.1) is 11.8 Å². The summed E-state index contributed by atoms with van der Waals surface area (Å²) in [6.07, 6.45) is 0.451. The quantitative estimate of drug-likeness (QED) is 0.380. The van der Waals surface area contributed by atoms with Crippen molar-refractivity contribution < 1.29 is 22.3 Å². The van der Waals surface area contributed by atoms with E-state index in [1.165, 1.54) is 0 Å². The van der Waals surface area contributed by atoms with E-state index in [0.717, 1.165) is 13.2 Å². The number of likely N-dealkylation sites (N-methyl/N-ethyl adjacent to an activating group) is 1. The van der Waals surface area contributed by atoms with Crippen molar-refractivity contribution in [1.29, 1.82) is 0 Å². The largest absolute Gasteiger partial charge is 0.381 e. The maximum absolute atomic E-state index is 14.7. The molecule has 8 unspecified atom stereocenters. The lowest BCUT2D eigenvalue weighted by molar-refractivity contribution is -0.129. The van der Waals surface area contributed by atoms with Crippen molar-refractivity contribution in [2.24, 2.45) is 11.8 Å². The molecule has 1 aliphatic heterocycles. The number of sulfonamides is 1. The van der Waals surface area contributed by atoms with E-state index in [1.807, 2.05) is 7.05 Å². The molecule has 3 N–H and O–H groups in total. The molecule has 12 heteroatoms. The normalized spacial score (nSPS) is 41.0. The number of methoxy groups -OCH3 is 1. The van der Waals surface area contributed by atoms with Crippen LogP contribution < -0.4 is 15.6 Å². The standard InChI is InChI=1S/C18H31Cl2FN4O4S/c1-25-8-15(22-9-25)10-5-12(17(21)14(20)6-10)18(26)23-24-30(27,28)16-4-3-11(29-2)7-13(16)19/h10-17,22,24H,3-9H2,1-2H3,(H,23,26). The first-order valence-corrected chi connectivity index (χ1v) is 12.7. The molecule has 8 atom stereocenters. The third kappa shape index (κ3) is 5.57. The molecule has 30 heavy (non-hydrogen) atoms. The lowest BCUT2D eigenvalue weighted by atomic mass is 9.76. The van der Waals surface area contributed by atoms with Crippen molar-refractivity contribution in [2.45, 2.75) is 66.4 Å². The Morgan fingerprint density at radius 2 is 1.93 bits per heavy atom. The van der Waals surface area contributed by atoms with Gasteiger partial charge in [-0.1, -0.05) is 0 Å². The number of hydrogen-bond donors (Lipinski definition) is 3. The molecule has 0 aromatic carbocycles. The Labute approximate surface area is 187 Å². The summed E-state index contributed by atoms with van der Waals surface area (Å²) in [7, 11) is -0.363. The molecule has 3 aliphatic rings. The third-order valence-electron chi connectivity index (χ3n) is 6.57. The Hall–Kier alpha value is -0.230. The molecular formula is C18H31Cl2FN4O4S. The number of hydrogen-bond acceptors (Lipinski definition) is 6. The summed E-state index contributed by atoms with van der Waals surface area (Å²) in [5.74, 6) is -1.68. The van der Waals surface area contributed by atoms with Crippen LogP contribution in [-0.2, 0) is 19.6 Å². The molecule has 2 saturated carbocycles. The molecular weight excluding hydrogens is 458 g/mol. The number of nitrogens with one attached hydrogen (secondary N) is 3. The van der Waals surface area contributed by atoms with E-state index in [9.17, 15) is 17.6 Å². The van der Waals surface area contributed by atoms with Gasteiger partial charge in [-0.3, -0.25) is 20.4 Å². The minimum atomic E-state index is -3.91. The van der Waals surface area contributed by atoms with Crippen LogP contribution in [0.3, 0.4) is 0 Å². The fourth-order valence-corrected chi connectivity index (χ4v) is 7.24. The van der Waals surface area contributed by atoms with Crippen molar-refractivity contribution >= 4 is 39.1 Å². The zero-order chi connectivity index (χ0) is 22.1. The molecule has 3 rings (SSSR count). The average Bonchev–Trinajstić information content (AvgIpc) is 3.14. The molecule has 2 aliphatic carbocycles. The van der Waals surface area contributed by atoms with Gasteiger partial charge in [0.1, 0.15) is 6.17 Å². The number of ether oxygens (including phenoxy) is 1. The molecule has 3 fully saturated rings. The number of alkyl halides is 3. The molecule has 0 bridgehead atoms. The smallest absolute Gasteiger partial charge is 0.241 e. The highest BCUT2D eigenvalue weighted by molar-refractivity contribution is 7.90. The molecule has 1 saturated heterocycles. The van der Waals surface area contributed by atoms with Crippen LogP contribution in [0.5, 0.6) is 0 Å². The van der Waals surface area contributed by atoms with Gasteiger partial charge in [-0.05, 0) is 45.1 Å². The molecule has 174 valence electrons. The zero-order valence-corrected chi connectivity index (χ0v) is 19.5. The topological polar surface area (TPSA) is 99.8 Å². The second-order valence-corrected chi connectivity index (χ2v) is 11.7. The van der Waals surface area contributed by atoms with Gasteiger partial charge >= 0.3 is 0 Å². The summed E-state index contributed by atoms with van der Waals surface area (Å²) in [6, 6.07) is 0.128. The first-order valence-electron chi connectivity index (χ1n) is 10.3. The lowest BCUT2D eigenvalue weighted by Crippen LogP contribution is -2.54. The number of hydrazine groups is 1. The minimum Gasteiger partial charge on any atom is -0.381 e. The molecule has 1 heterocycles. The minimum absolute atomic E-state index is 0.0355. The summed E-state index contributed by atoms with van der Waals surface area (Å²) >= 11 is 12.5. The fourth-order valence-electron chi connectivity index (χ4n) is 4.76. The highest BCUT2D eigenvalue weighted by Crippen LogP contribution is 2.37. The van der Waals surface area contributed by atoms with E-state index in [2.05, 4.69) is 20.5 Å². The Morgan fingerprint density at radius 3 is 2.53 bits per heavy atom. The SMILES string of the molecule is COC1CCC(S(=O)(=O)NNC(=O)C2CC(C3CN(C)CN3)CC(Cl)C2F)C(Cl)C1. The molecule has 0 spiro atoms. The Morgan fingerprint density at radius 1 is 1.20 bits per heavy atom. The van der Waals surface area contributed by atoms with E-state index in [4.69, 9.17) is 27.9 Å². The second-order valence-electron chi connectivity index (χ2n) is 8.67. The van der Waals surface area contributed by atoms with E-state index in [-0.39, 0.29) is 18.1 Å². The lowest BCUT2D eigenvalue weighted by Gasteiger charge is -2.37. The predicted octanol–water partition coefficient (Wildman–Crippen LogP) is 0.945. The van der Waals surface area contributed by atoms with Crippen molar-refractivity contribution in [3.8, 4) is 0 Å². The number of carbonyl (C=O) groups excluding carboxylic acids is 1. The van der Waals surface area contributed by atoms with Gasteiger partial charge in [0.25, 0.3) is 0 Å². The summed E-state index contributed by atoms with van der Waals surface area (Å²) in [4.78, 5) is 16.9. The number of amides is 1. The first kappa shape index (κ1) is 24.4. The first-order chi connectivity index (χ1) is 14.1. The van der Waals surface area contributed by atoms with Gasteiger partial charge in [-0.25, -0.2) is 12.8 Å². The van der Waals surface area contributed by atoms with Crippen molar-refractivity contribution in [1.82, 2.24) is 20.5 Å². The van der Waals surface area contributed by atoms with E-state index in [1.54, 1.807) is 7.11 Å². The number of carbonyl (C=O) groups is 1. The highest BCUT2D eigenvalue weighted by Gasteiger charge is 2.45. The molecule has 8 nitrogen and oxygen atoms in total. The van der Waals surface area contributed by atoms with Gasteiger partial charge in [-0.2, -0.15) is 0 Å². The number of nitrogens with zero attached hydrogens (tertiary/aromatic N) is 1. The number of rotatable bonds is 6. The van der Waals surface area contributed by atoms with Gasteiger partial charge < -0.3 is 4.74 Å². The second kappa shape index (κ2) is 10.1. The van der Waals surface area contributed by atoms with Gasteiger partial charge in [0.2, 0.25) is 15.9 Å². The maximum atomic E-state index is 14.7. The monoisotopic (exact) mass is 488 g/mol. The van der Waals surface area contributed by atoms with Crippen LogP contribution in [0.15, 0.2) is 0 Å². The Bertz CT molecular complexity index is 718. The average molecular weight is 489 g/mol. The van der Waals surface area contributed by atoms with Gasteiger partial charge in [0.05, 0.1) is 28.0 Å². The van der Waals surface area contributed by atoms with Crippen LogP contribution in [0.2, 0.25) is 0 Å². The summed E-state index contributed by atoms with van der Waals surface area (Å²) in [6.45, 7) is 1.53. The zero-order valence-electron chi connectivity index (χ0n) is 17.2. The van der Waals surface area contributed by atoms with Crippen LogP contribution >= 0.6 is 23.2 Å². The van der Waals surface area contributed by atoms with E-state index in [0.29, 0.717) is 32.1 Å². The van der Waals surface area contributed by atoms with Gasteiger partial charge in [0.15, 0.2) is 0 Å². The van der Waals surface area contributed by atoms with Crippen LogP contribution in [0.1, 0.15) is 32.1 Å². The fraction of sp³-hybridized carbons (Fsp3) is 0.944. The third-order valence-corrected chi connectivity index (χ3v) is 9.36. The van der Waals surface area contributed by atoms with Crippen molar-refractivity contribution in [2.75, 3.05) is 27.4 Å². The summed E-state index contributed by atoms with van der Waals surface area (Å²) in [5.41, 5.74) is 2.21. The predicted molar refractivity (Wildman–Crippen MR) is 113 cm³/mol. The van der Waals surface area contributed by atoms with Gasteiger partial charge in [-0.15, -0.1) is 28.0 Å². The Balaban J connectivity index is 1.58. The summed E-state index contributed by atoms with van der Waals surface area (Å²) in [5, 5.41) is 1.08. The molecule has 0 aromatic rings. The van der Waals surface area contributed by atoms with E-state index >= 15 is 0 Å². The summed E-state index contributed by atoms with van der Waals surface area (Å²) < 4.78 is 45.3. The van der Waals surface area contributed by atoms with Crippen LogP contribution in [-0.4, -0.2) is 80.9 Å². The highest BCUT2D eigenvalue weighted by atomic mass is 35.5. The molecule has 1 amide bonds. The Kier molecular flexibility index (Phi) is 8.25. The molecule has 0 aromatic heterocycles. The van der Waals surface area contributed by atoms with Gasteiger partial charge in [0, 0.05) is 26.4 Å². The van der Waals surface area contributed by atoms with Crippen molar-refractivity contribution in [3.63, 3.8) is 0 Å². The maximum Gasteiger partial charge on any atom is 0.241 e. The van der Waals surface area contributed by atoms with E-state index < -0.39 is 44.0 Å². The van der Waals surface area contributed by atoms with Crippen LogP contribution in [0.4, 0.5) is 4.39 Å².